The molecule has 230 valence electrons. The normalized spacial score (nSPS) is 20.0. The smallest absolute Gasteiger partial charge is 0.0564 e. The van der Waals surface area contributed by atoms with Gasteiger partial charge in [0.05, 0.1) is 23.5 Å². The maximum atomic E-state index is 4.88. The Bertz CT molecular complexity index is 1160. The number of nitrogens with one attached hydrogen (secondary N) is 3. The van der Waals surface area contributed by atoms with Crippen molar-refractivity contribution in [1.82, 2.24) is 19.9 Å². The standard InChI is InChI=1S/C36H50N7/c1-4-10-28(11-5-1)37-22-31-16-19-34(40-31)25-43(26-35-20-17-32(41-35)23-38-29-12-6-2-7-13-29)27-36-21-18-33(42-36)24-39-30-14-8-3-9-15-30/h16-23,28-30,40-42H,1-15,25-27H2/q-1. The summed E-state index contributed by atoms with van der Waals surface area (Å²) < 4.78 is 0. The number of hydrogen-bond donors (Lipinski definition) is 3. The van der Waals surface area contributed by atoms with E-state index in [1.807, 2.05) is 12.4 Å². The zero-order chi connectivity index (χ0) is 29.1. The van der Waals surface area contributed by atoms with Gasteiger partial charge < -0.3 is 19.9 Å². The van der Waals surface area contributed by atoms with E-state index in [-0.39, 0.29) is 0 Å². The third-order valence-electron chi connectivity index (χ3n) is 9.41. The average molecular weight is 581 g/mol. The van der Waals surface area contributed by atoms with Crippen molar-refractivity contribution in [1.29, 1.82) is 0 Å². The average Bonchev–Trinajstić information content (AvgIpc) is 3.81. The van der Waals surface area contributed by atoms with Crippen LogP contribution in [0.5, 0.6) is 0 Å². The summed E-state index contributed by atoms with van der Waals surface area (Å²) in [6.07, 6.45) is 26.6. The van der Waals surface area contributed by atoms with E-state index < -0.39 is 0 Å². The van der Waals surface area contributed by atoms with Gasteiger partial charge in [-0.15, -0.1) is 18.0 Å². The van der Waals surface area contributed by atoms with Gasteiger partial charge >= 0.3 is 0 Å². The molecule has 3 aromatic heterocycles. The molecule has 0 amide bonds. The number of nitrogens with zero attached hydrogens (tertiary/aromatic N) is 4. The van der Waals surface area contributed by atoms with E-state index in [9.17, 15) is 0 Å². The lowest BCUT2D eigenvalue weighted by Gasteiger charge is -2.21. The maximum absolute atomic E-state index is 4.88. The molecule has 0 spiro atoms. The summed E-state index contributed by atoms with van der Waals surface area (Å²) in [6.45, 7) is 2.44. The molecule has 0 atom stereocenters. The van der Waals surface area contributed by atoms with E-state index in [0.717, 1.165) is 36.7 Å². The van der Waals surface area contributed by atoms with Gasteiger partial charge in [0.15, 0.2) is 0 Å². The first-order chi connectivity index (χ1) is 21.2. The predicted octanol–water partition coefficient (Wildman–Crippen LogP) is 8.01. The zero-order valence-corrected chi connectivity index (χ0v) is 25.9. The fraction of sp³-hybridized carbons (Fsp3) is 0.583. The van der Waals surface area contributed by atoms with Gasteiger partial charge in [0.2, 0.25) is 0 Å². The third kappa shape index (κ3) is 9.40. The first kappa shape index (κ1) is 29.9. The Morgan fingerprint density at radius 2 is 1.00 bits per heavy atom. The van der Waals surface area contributed by atoms with Crippen LogP contribution in [0.2, 0.25) is 0 Å². The van der Waals surface area contributed by atoms with Crippen LogP contribution >= 0.6 is 0 Å². The van der Waals surface area contributed by atoms with Crippen LogP contribution in [0.1, 0.15) is 130 Å². The van der Waals surface area contributed by atoms with Gasteiger partial charge in [-0.1, -0.05) is 57.8 Å². The zero-order valence-electron chi connectivity index (χ0n) is 25.9. The van der Waals surface area contributed by atoms with Crippen LogP contribution in [-0.4, -0.2) is 56.6 Å². The van der Waals surface area contributed by atoms with Crippen LogP contribution in [-0.2, 0) is 19.6 Å². The minimum Gasteiger partial charge on any atom is -0.392 e. The van der Waals surface area contributed by atoms with Gasteiger partial charge in [0, 0.05) is 55.2 Å². The van der Waals surface area contributed by atoms with Crippen LogP contribution < -0.4 is 0 Å². The van der Waals surface area contributed by atoms with E-state index in [0.29, 0.717) is 18.1 Å². The van der Waals surface area contributed by atoms with E-state index in [1.165, 1.54) is 113 Å². The highest BCUT2D eigenvalue weighted by atomic mass is 15.1. The molecule has 3 saturated carbocycles. The molecule has 6 rings (SSSR count). The SMILES string of the molecule is [C-](=NC1CCCCC1)c1ccc(CN(Cc2ccc(C=NC3CCCCC3)[nH]2)Cc2ccc(C=NC3CCCCC3)[nH]2)[nH]1. The Morgan fingerprint density at radius 3 is 1.51 bits per heavy atom. The monoisotopic (exact) mass is 580 g/mol. The maximum Gasteiger partial charge on any atom is 0.0564 e. The summed E-state index contributed by atoms with van der Waals surface area (Å²) in [5.74, 6) is 0. The first-order valence-electron chi connectivity index (χ1n) is 17.0. The summed E-state index contributed by atoms with van der Waals surface area (Å²) in [6, 6.07) is 14.4. The predicted molar refractivity (Wildman–Crippen MR) is 178 cm³/mol. The molecular weight excluding hydrogens is 530 g/mol. The molecule has 3 aliphatic rings. The molecular formula is C36H50N7-. The van der Waals surface area contributed by atoms with Crippen molar-refractivity contribution >= 4 is 18.6 Å². The van der Waals surface area contributed by atoms with Gasteiger partial charge in [-0.05, 0) is 62.8 Å². The molecule has 0 saturated heterocycles. The first-order valence-corrected chi connectivity index (χ1v) is 17.0. The van der Waals surface area contributed by atoms with Crippen LogP contribution in [0.3, 0.4) is 0 Å². The fourth-order valence-electron chi connectivity index (χ4n) is 6.94. The number of aromatic nitrogens is 3. The van der Waals surface area contributed by atoms with Gasteiger partial charge in [-0.3, -0.25) is 14.9 Å². The molecule has 7 heteroatoms. The van der Waals surface area contributed by atoms with Crippen molar-refractivity contribution in [2.75, 3.05) is 0 Å². The number of hydrogen-bond acceptors (Lipinski definition) is 4. The molecule has 0 aliphatic heterocycles. The molecule has 0 bridgehead atoms. The van der Waals surface area contributed by atoms with E-state index in [4.69, 9.17) is 15.0 Å². The molecule has 0 radical (unpaired) electrons. The minimum absolute atomic E-state index is 0.435. The lowest BCUT2D eigenvalue weighted by Crippen LogP contribution is -2.23. The molecule has 3 fully saturated rings. The molecule has 3 heterocycles. The number of rotatable bonds is 12. The number of aromatic amines is 3. The quantitative estimate of drug-likeness (QED) is 0.147. The molecule has 43 heavy (non-hydrogen) atoms. The molecule has 3 aromatic rings. The second-order valence-corrected chi connectivity index (χ2v) is 13.1. The Hall–Kier alpha value is -3.19. The Kier molecular flexibility index (Phi) is 10.8. The summed E-state index contributed by atoms with van der Waals surface area (Å²) >= 11 is 0. The van der Waals surface area contributed by atoms with Gasteiger partial charge in [-0.25, -0.2) is 0 Å². The number of aliphatic imine (C=N–C) groups is 3. The molecule has 3 aliphatic carbocycles. The highest BCUT2D eigenvalue weighted by molar-refractivity contribution is 5.78. The van der Waals surface area contributed by atoms with Crippen molar-refractivity contribution in [3.63, 3.8) is 0 Å². The fourth-order valence-corrected chi connectivity index (χ4v) is 6.94. The molecule has 0 aromatic carbocycles. The van der Waals surface area contributed by atoms with Gasteiger partial charge in [0.1, 0.15) is 0 Å². The molecule has 0 unspecified atom stereocenters. The van der Waals surface area contributed by atoms with Gasteiger partial charge in [0.25, 0.3) is 0 Å². The third-order valence-corrected chi connectivity index (χ3v) is 9.41. The van der Waals surface area contributed by atoms with Crippen molar-refractivity contribution in [2.24, 2.45) is 15.0 Å². The van der Waals surface area contributed by atoms with Crippen molar-refractivity contribution in [3.05, 3.63) is 70.6 Å². The van der Waals surface area contributed by atoms with E-state index in [1.54, 1.807) is 0 Å². The van der Waals surface area contributed by atoms with Crippen LogP contribution in [0.15, 0.2) is 51.4 Å². The Labute approximate surface area is 257 Å². The van der Waals surface area contributed by atoms with Crippen LogP contribution in [0.4, 0.5) is 0 Å². The summed E-state index contributed by atoms with van der Waals surface area (Å²) in [5, 5.41) is 0. The highest BCUT2D eigenvalue weighted by Crippen LogP contribution is 2.22. The van der Waals surface area contributed by atoms with Crippen molar-refractivity contribution in [3.8, 4) is 0 Å². The van der Waals surface area contributed by atoms with Gasteiger partial charge in [-0.2, -0.15) is 6.07 Å². The van der Waals surface area contributed by atoms with Crippen molar-refractivity contribution < 1.29 is 0 Å². The highest BCUT2D eigenvalue weighted by Gasteiger charge is 2.14. The van der Waals surface area contributed by atoms with Crippen molar-refractivity contribution in [2.45, 2.75) is 134 Å². The summed E-state index contributed by atoms with van der Waals surface area (Å²) in [5.41, 5.74) is 6.75. The topological polar surface area (TPSA) is 87.7 Å². The van der Waals surface area contributed by atoms with E-state index >= 15 is 0 Å². The lowest BCUT2D eigenvalue weighted by atomic mass is 9.96. The lowest BCUT2D eigenvalue weighted by molar-refractivity contribution is 0.240. The van der Waals surface area contributed by atoms with E-state index in [2.05, 4.69) is 62.5 Å². The van der Waals surface area contributed by atoms with Crippen LogP contribution in [0, 0.1) is 0 Å². The molecule has 3 N–H and O–H groups in total. The minimum atomic E-state index is 0.435. The second kappa shape index (κ2) is 15.5. The summed E-state index contributed by atoms with van der Waals surface area (Å²) in [4.78, 5) is 27.8. The largest absolute Gasteiger partial charge is 0.392 e. The van der Waals surface area contributed by atoms with Crippen LogP contribution in [0.25, 0.3) is 0 Å². The second-order valence-electron chi connectivity index (χ2n) is 13.1. The Balaban J connectivity index is 1.11. The summed E-state index contributed by atoms with van der Waals surface area (Å²) in [7, 11) is 0. The Morgan fingerprint density at radius 1 is 0.558 bits per heavy atom. The number of H-pyrrole nitrogens is 3. The molecule has 7 nitrogen and oxygen atoms in total.